The van der Waals surface area contributed by atoms with Gasteiger partial charge in [0.15, 0.2) is 5.58 Å². The second-order valence-corrected chi connectivity index (χ2v) is 7.51. The van der Waals surface area contributed by atoms with Gasteiger partial charge in [0.1, 0.15) is 6.04 Å². The minimum absolute atomic E-state index is 0.0603. The molecule has 2 heterocycles. The number of nitrogens with one attached hydrogen (secondary N) is 2. The maximum Gasteiger partial charge on any atom is 0.417 e. The van der Waals surface area contributed by atoms with Gasteiger partial charge in [0.05, 0.1) is 10.4 Å². The van der Waals surface area contributed by atoms with Gasteiger partial charge in [-0.1, -0.05) is 30.3 Å². The molecule has 0 aliphatic rings. The maximum atomic E-state index is 12.9. The molecule has 0 aliphatic heterocycles. The standard InChI is InChI=1S/C17H14N4O5S/c1-10-19-20-16(25-10)15(11-5-3-2-4-6-11)21-27(23,24)12-7-8-13-14(9-12)26-17(22)18-13/h2-9,15,21H,1H3,(H,18,22). The van der Waals surface area contributed by atoms with Crippen LogP contribution in [0.2, 0.25) is 0 Å². The second kappa shape index (κ2) is 6.49. The zero-order valence-corrected chi connectivity index (χ0v) is 14.9. The molecular formula is C17H14N4O5S. The molecule has 4 rings (SSSR count). The van der Waals surface area contributed by atoms with E-state index in [0.29, 0.717) is 17.0 Å². The van der Waals surface area contributed by atoms with Crippen LogP contribution in [0.15, 0.2) is 67.1 Å². The Labute approximate surface area is 153 Å². The predicted molar refractivity (Wildman–Crippen MR) is 94.5 cm³/mol. The van der Waals surface area contributed by atoms with E-state index in [1.165, 1.54) is 18.2 Å². The van der Waals surface area contributed by atoms with E-state index in [0.717, 1.165) is 0 Å². The largest absolute Gasteiger partial charge is 0.423 e. The molecule has 138 valence electrons. The van der Waals surface area contributed by atoms with Gasteiger partial charge in [0, 0.05) is 13.0 Å². The van der Waals surface area contributed by atoms with Crippen molar-refractivity contribution in [3.05, 3.63) is 76.4 Å². The summed E-state index contributed by atoms with van der Waals surface area (Å²) in [5.74, 6) is -0.215. The Kier molecular flexibility index (Phi) is 4.13. The average Bonchev–Trinajstić information content (AvgIpc) is 3.24. The van der Waals surface area contributed by atoms with Crippen LogP contribution in [0.1, 0.15) is 23.4 Å². The molecule has 2 N–H and O–H groups in total. The molecule has 27 heavy (non-hydrogen) atoms. The number of fused-ring (bicyclic) bond motifs is 1. The van der Waals surface area contributed by atoms with Crippen molar-refractivity contribution in [1.82, 2.24) is 19.9 Å². The van der Waals surface area contributed by atoms with E-state index in [9.17, 15) is 13.2 Å². The number of nitrogens with zero attached hydrogens (tertiary/aromatic N) is 2. The smallest absolute Gasteiger partial charge is 0.417 e. The first kappa shape index (κ1) is 17.2. The SMILES string of the molecule is Cc1nnc(C(NS(=O)(=O)c2ccc3[nH]c(=O)oc3c2)c2ccccc2)o1. The van der Waals surface area contributed by atoms with Crippen LogP contribution < -0.4 is 10.5 Å². The molecule has 0 spiro atoms. The van der Waals surface area contributed by atoms with Crippen molar-refractivity contribution in [1.29, 1.82) is 0 Å². The monoisotopic (exact) mass is 386 g/mol. The summed E-state index contributed by atoms with van der Waals surface area (Å²) in [6.07, 6.45) is 0. The molecule has 0 saturated carbocycles. The number of aromatic nitrogens is 3. The normalized spacial score (nSPS) is 13.1. The van der Waals surface area contributed by atoms with E-state index in [1.807, 2.05) is 6.07 Å². The summed E-state index contributed by atoms with van der Waals surface area (Å²) in [7, 11) is -3.98. The van der Waals surface area contributed by atoms with Crippen LogP contribution in [-0.4, -0.2) is 23.6 Å². The Morgan fingerprint density at radius 2 is 1.85 bits per heavy atom. The van der Waals surface area contributed by atoms with Gasteiger partial charge in [-0.3, -0.25) is 4.98 Å². The topological polar surface area (TPSA) is 131 Å². The van der Waals surface area contributed by atoms with Crippen molar-refractivity contribution >= 4 is 21.1 Å². The van der Waals surface area contributed by atoms with E-state index < -0.39 is 21.8 Å². The number of benzene rings is 2. The summed E-state index contributed by atoms with van der Waals surface area (Å²) in [5, 5.41) is 7.72. The number of aryl methyl sites for hydroxylation is 1. The van der Waals surface area contributed by atoms with Gasteiger partial charge < -0.3 is 8.83 Å². The number of oxazole rings is 1. The quantitative estimate of drug-likeness (QED) is 0.535. The number of hydrogen-bond donors (Lipinski definition) is 2. The lowest BCUT2D eigenvalue weighted by Crippen LogP contribution is -2.29. The van der Waals surface area contributed by atoms with Gasteiger partial charge >= 0.3 is 5.76 Å². The lowest BCUT2D eigenvalue weighted by atomic mass is 10.1. The van der Waals surface area contributed by atoms with Crippen LogP contribution in [0, 0.1) is 6.92 Å². The number of aromatic amines is 1. The van der Waals surface area contributed by atoms with Crippen molar-refractivity contribution in [3.63, 3.8) is 0 Å². The number of H-pyrrole nitrogens is 1. The molecule has 4 aromatic rings. The highest BCUT2D eigenvalue weighted by Crippen LogP contribution is 2.24. The van der Waals surface area contributed by atoms with Gasteiger partial charge in [-0.15, -0.1) is 10.2 Å². The highest BCUT2D eigenvalue weighted by molar-refractivity contribution is 7.89. The van der Waals surface area contributed by atoms with E-state index in [4.69, 9.17) is 8.83 Å². The fraction of sp³-hybridized carbons (Fsp3) is 0.118. The molecule has 0 saturated heterocycles. The third-order valence-electron chi connectivity index (χ3n) is 3.90. The van der Waals surface area contributed by atoms with E-state index in [2.05, 4.69) is 19.9 Å². The van der Waals surface area contributed by atoms with Gasteiger partial charge in [-0.05, 0) is 17.7 Å². The number of sulfonamides is 1. The predicted octanol–water partition coefficient (Wildman–Crippen LogP) is 1.88. The zero-order valence-electron chi connectivity index (χ0n) is 14.0. The molecule has 0 radical (unpaired) electrons. The zero-order chi connectivity index (χ0) is 19.0. The Hall–Kier alpha value is -3.24. The lowest BCUT2D eigenvalue weighted by Gasteiger charge is -2.16. The van der Waals surface area contributed by atoms with Gasteiger partial charge in [-0.2, -0.15) is 4.72 Å². The minimum Gasteiger partial charge on any atom is -0.423 e. The summed E-state index contributed by atoms with van der Waals surface area (Å²) in [5.41, 5.74) is 1.19. The number of hydrogen-bond acceptors (Lipinski definition) is 7. The van der Waals surface area contributed by atoms with Crippen molar-refractivity contribution in [3.8, 4) is 0 Å². The highest BCUT2D eigenvalue weighted by atomic mass is 32.2. The molecule has 1 atom stereocenters. The Balaban J connectivity index is 1.75. The van der Waals surface area contributed by atoms with Crippen LogP contribution in [0.5, 0.6) is 0 Å². The van der Waals surface area contributed by atoms with Gasteiger partial charge in [-0.25, -0.2) is 13.2 Å². The summed E-state index contributed by atoms with van der Waals surface area (Å²) in [4.78, 5) is 13.7. The highest BCUT2D eigenvalue weighted by Gasteiger charge is 2.27. The first-order valence-electron chi connectivity index (χ1n) is 7.92. The summed E-state index contributed by atoms with van der Waals surface area (Å²) in [6.45, 7) is 1.62. The molecule has 2 aromatic carbocycles. The Bertz CT molecular complexity index is 1260. The van der Waals surface area contributed by atoms with Crippen molar-refractivity contribution < 1.29 is 17.3 Å². The van der Waals surface area contributed by atoms with Gasteiger partial charge in [0.2, 0.25) is 21.8 Å². The average molecular weight is 386 g/mol. The Morgan fingerprint density at radius 3 is 2.56 bits per heavy atom. The summed E-state index contributed by atoms with van der Waals surface area (Å²) < 4.78 is 38.8. The molecule has 2 aromatic heterocycles. The summed E-state index contributed by atoms with van der Waals surface area (Å²) >= 11 is 0. The molecule has 9 nitrogen and oxygen atoms in total. The third kappa shape index (κ3) is 3.39. The minimum atomic E-state index is -3.98. The second-order valence-electron chi connectivity index (χ2n) is 5.80. The van der Waals surface area contributed by atoms with Crippen LogP contribution in [-0.2, 0) is 10.0 Å². The molecule has 0 amide bonds. The van der Waals surface area contributed by atoms with Gasteiger partial charge in [0.25, 0.3) is 0 Å². The fourth-order valence-electron chi connectivity index (χ4n) is 2.65. The van der Waals surface area contributed by atoms with Crippen LogP contribution in [0.3, 0.4) is 0 Å². The van der Waals surface area contributed by atoms with Crippen LogP contribution in [0.25, 0.3) is 11.1 Å². The first-order valence-corrected chi connectivity index (χ1v) is 9.41. The molecule has 1 unspecified atom stereocenters. The molecule has 0 fully saturated rings. The third-order valence-corrected chi connectivity index (χ3v) is 5.32. The van der Waals surface area contributed by atoms with E-state index >= 15 is 0 Å². The maximum absolute atomic E-state index is 12.9. The van der Waals surface area contributed by atoms with Crippen molar-refractivity contribution in [2.75, 3.05) is 0 Å². The van der Waals surface area contributed by atoms with E-state index in [-0.39, 0.29) is 16.4 Å². The fourth-order valence-corrected chi connectivity index (χ4v) is 3.84. The van der Waals surface area contributed by atoms with Crippen molar-refractivity contribution in [2.24, 2.45) is 0 Å². The Morgan fingerprint density at radius 1 is 1.07 bits per heavy atom. The molecular weight excluding hydrogens is 372 g/mol. The summed E-state index contributed by atoms with van der Waals surface area (Å²) in [6, 6.07) is 12.1. The number of rotatable bonds is 5. The molecule has 0 aliphatic carbocycles. The first-order chi connectivity index (χ1) is 12.9. The van der Waals surface area contributed by atoms with Crippen LogP contribution in [0.4, 0.5) is 0 Å². The molecule has 10 heteroatoms. The van der Waals surface area contributed by atoms with Crippen LogP contribution >= 0.6 is 0 Å². The van der Waals surface area contributed by atoms with E-state index in [1.54, 1.807) is 31.2 Å². The molecule has 0 bridgehead atoms. The van der Waals surface area contributed by atoms with Crippen molar-refractivity contribution in [2.45, 2.75) is 17.9 Å². The lowest BCUT2D eigenvalue weighted by molar-refractivity contribution is 0.436.